The van der Waals surface area contributed by atoms with Crippen molar-refractivity contribution in [3.05, 3.63) is 30.1 Å². The number of nitrogens with one attached hydrogen (secondary N) is 3. The minimum absolute atomic E-state index is 0.0854. The van der Waals surface area contributed by atoms with E-state index in [1.165, 1.54) is 36.0 Å². The fourth-order valence-electron chi connectivity index (χ4n) is 1.81. The Morgan fingerprint density at radius 2 is 1.70 bits per heavy atom. The molecule has 0 saturated carbocycles. The molecule has 9 heteroatoms. The van der Waals surface area contributed by atoms with Crippen LogP contribution in [0.15, 0.2) is 24.3 Å². The number of alkyl carbamates (subject to hydrolysis) is 1. The van der Waals surface area contributed by atoms with Crippen LogP contribution in [0.2, 0.25) is 0 Å². The van der Waals surface area contributed by atoms with E-state index in [2.05, 4.69) is 16.0 Å². The molecule has 0 spiro atoms. The highest BCUT2D eigenvalue weighted by Crippen LogP contribution is 2.13. The van der Waals surface area contributed by atoms with E-state index in [9.17, 15) is 18.8 Å². The molecule has 0 aromatic heterocycles. The van der Waals surface area contributed by atoms with Crippen LogP contribution in [0.5, 0.6) is 0 Å². The first-order valence-electron chi connectivity index (χ1n) is 8.48. The Hall–Kier alpha value is -2.29. The number of hydrogen-bond donors (Lipinski definition) is 3. The SMILES string of the molecule is CC(SCC(=O)Nc1ccc(F)cc1)C(=O)NCCNC(=O)OC(C)(C)C. The second-order valence-electron chi connectivity index (χ2n) is 6.73. The summed E-state index contributed by atoms with van der Waals surface area (Å²) in [5.74, 6) is -0.811. The maximum atomic E-state index is 12.8. The lowest BCUT2D eigenvalue weighted by atomic mass is 10.2. The van der Waals surface area contributed by atoms with Crippen LogP contribution in [0.25, 0.3) is 0 Å². The van der Waals surface area contributed by atoms with Gasteiger partial charge in [-0.3, -0.25) is 9.59 Å². The van der Waals surface area contributed by atoms with E-state index in [1.807, 2.05) is 0 Å². The molecule has 0 heterocycles. The highest BCUT2D eigenvalue weighted by Gasteiger charge is 2.17. The number of thioether (sulfide) groups is 1. The average Bonchev–Trinajstić information content (AvgIpc) is 2.57. The molecule has 1 aromatic carbocycles. The van der Waals surface area contributed by atoms with Gasteiger partial charge in [0.25, 0.3) is 0 Å². The summed E-state index contributed by atoms with van der Waals surface area (Å²) in [7, 11) is 0. The molecule has 3 N–H and O–H groups in total. The topological polar surface area (TPSA) is 96.5 Å². The van der Waals surface area contributed by atoms with Gasteiger partial charge in [0.1, 0.15) is 11.4 Å². The normalized spacial score (nSPS) is 12.0. The second kappa shape index (κ2) is 10.8. The van der Waals surface area contributed by atoms with Crippen molar-refractivity contribution >= 4 is 35.4 Å². The second-order valence-corrected chi connectivity index (χ2v) is 8.06. The molecule has 0 bridgehead atoms. The zero-order chi connectivity index (χ0) is 20.4. The number of ether oxygens (including phenoxy) is 1. The summed E-state index contributed by atoms with van der Waals surface area (Å²) in [6.45, 7) is 7.47. The Balaban J connectivity index is 2.21. The van der Waals surface area contributed by atoms with Crippen LogP contribution >= 0.6 is 11.8 Å². The molecule has 7 nitrogen and oxygen atoms in total. The molecule has 1 unspecified atom stereocenters. The van der Waals surface area contributed by atoms with Crippen molar-refractivity contribution in [1.82, 2.24) is 10.6 Å². The summed E-state index contributed by atoms with van der Waals surface area (Å²) < 4.78 is 17.9. The van der Waals surface area contributed by atoms with E-state index in [0.29, 0.717) is 5.69 Å². The number of carbonyl (C=O) groups excluding carboxylic acids is 3. The maximum absolute atomic E-state index is 12.8. The summed E-state index contributed by atoms with van der Waals surface area (Å²) in [5, 5.41) is 7.41. The third-order valence-corrected chi connectivity index (χ3v) is 4.20. The lowest BCUT2D eigenvalue weighted by Crippen LogP contribution is -2.40. The van der Waals surface area contributed by atoms with Gasteiger partial charge < -0.3 is 20.7 Å². The standard InChI is InChI=1S/C18H26FN3O4S/c1-12(16(24)20-9-10-21-17(25)26-18(2,3)4)27-11-15(23)22-14-7-5-13(19)6-8-14/h5-8,12H,9-11H2,1-4H3,(H,20,24)(H,21,25)(H,22,23). The first-order valence-corrected chi connectivity index (χ1v) is 9.53. The van der Waals surface area contributed by atoms with Crippen LogP contribution in [-0.4, -0.2) is 47.6 Å². The lowest BCUT2D eigenvalue weighted by molar-refractivity contribution is -0.120. The Morgan fingerprint density at radius 1 is 1.11 bits per heavy atom. The molecule has 3 amide bonds. The van der Waals surface area contributed by atoms with Crippen LogP contribution in [0.1, 0.15) is 27.7 Å². The van der Waals surface area contributed by atoms with Crippen LogP contribution in [0, 0.1) is 5.82 Å². The minimum Gasteiger partial charge on any atom is -0.444 e. The summed E-state index contributed by atoms with van der Waals surface area (Å²) in [5.41, 5.74) is -0.0835. The number of halogens is 1. The zero-order valence-corrected chi connectivity index (χ0v) is 16.7. The number of amides is 3. The summed E-state index contributed by atoms with van der Waals surface area (Å²) in [4.78, 5) is 35.3. The van der Waals surface area contributed by atoms with Crippen LogP contribution < -0.4 is 16.0 Å². The first kappa shape index (κ1) is 22.8. The largest absolute Gasteiger partial charge is 0.444 e. The Kier molecular flexibility index (Phi) is 9.07. The molecule has 0 saturated heterocycles. The van der Waals surface area contributed by atoms with Crippen molar-refractivity contribution in [3.8, 4) is 0 Å². The van der Waals surface area contributed by atoms with Gasteiger partial charge in [-0.15, -0.1) is 11.8 Å². The van der Waals surface area contributed by atoms with Gasteiger partial charge in [-0.05, 0) is 52.0 Å². The quantitative estimate of drug-likeness (QED) is 0.584. The lowest BCUT2D eigenvalue weighted by Gasteiger charge is -2.19. The van der Waals surface area contributed by atoms with Gasteiger partial charge in [0.15, 0.2) is 0 Å². The molecular weight excluding hydrogens is 373 g/mol. The minimum atomic E-state index is -0.576. The highest BCUT2D eigenvalue weighted by atomic mass is 32.2. The van der Waals surface area contributed by atoms with Crippen molar-refractivity contribution in [1.29, 1.82) is 0 Å². The molecule has 1 atom stereocenters. The predicted octanol–water partition coefficient (Wildman–Crippen LogP) is 2.53. The van der Waals surface area contributed by atoms with Gasteiger partial charge in [-0.25, -0.2) is 9.18 Å². The number of benzene rings is 1. The average molecular weight is 399 g/mol. The van der Waals surface area contributed by atoms with E-state index in [-0.39, 0.29) is 36.5 Å². The van der Waals surface area contributed by atoms with Gasteiger partial charge in [-0.1, -0.05) is 0 Å². The van der Waals surface area contributed by atoms with E-state index in [0.717, 1.165) is 0 Å². The Labute approximate surface area is 162 Å². The van der Waals surface area contributed by atoms with E-state index in [1.54, 1.807) is 27.7 Å². The fourth-order valence-corrected chi connectivity index (χ4v) is 2.52. The van der Waals surface area contributed by atoms with Crippen molar-refractivity contribution < 1.29 is 23.5 Å². The number of hydrogen-bond acceptors (Lipinski definition) is 5. The number of carbonyl (C=O) groups is 3. The Morgan fingerprint density at radius 3 is 2.30 bits per heavy atom. The molecule has 0 aliphatic carbocycles. The zero-order valence-electron chi connectivity index (χ0n) is 15.9. The van der Waals surface area contributed by atoms with Crippen molar-refractivity contribution in [2.75, 3.05) is 24.2 Å². The van der Waals surface area contributed by atoms with E-state index >= 15 is 0 Å². The molecular formula is C18H26FN3O4S. The number of anilines is 1. The predicted molar refractivity (Wildman–Crippen MR) is 104 cm³/mol. The molecule has 1 aromatic rings. The van der Waals surface area contributed by atoms with Gasteiger partial charge in [-0.2, -0.15) is 0 Å². The summed E-state index contributed by atoms with van der Waals surface area (Å²) in [6, 6.07) is 5.44. The summed E-state index contributed by atoms with van der Waals surface area (Å²) in [6.07, 6.45) is -0.545. The molecule has 0 radical (unpaired) electrons. The highest BCUT2D eigenvalue weighted by molar-refractivity contribution is 8.01. The first-order chi connectivity index (χ1) is 12.6. The van der Waals surface area contributed by atoms with Crippen LogP contribution in [0.4, 0.5) is 14.9 Å². The van der Waals surface area contributed by atoms with Gasteiger partial charge in [0.05, 0.1) is 11.0 Å². The van der Waals surface area contributed by atoms with Gasteiger partial charge in [0.2, 0.25) is 11.8 Å². The van der Waals surface area contributed by atoms with Gasteiger partial charge >= 0.3 is 6.09 Å². The molecule has 27 heavy (non-hydrogen) atoms. The van der Waals surface area contributed by atoms with Crippen molar-refractivity contribution in [2.24, 2.45) is 0 Å². The van der Waals surface area contributed by atoms with Crippen molar-refractivity contribution in [2.45, 2.75) is 38.5 Å². The smallest absolute Gasteiger partial charge is 0.407 e. The fraction of sp³-hybridized carbons (Fsp3) is 0.500. The van der Waals surface area contributed by atoms with Crippen LogP contribution in [-0.2, 0) is 14.3 Å². The molecule has 1 rings (SSSR count). The molecule has 0 aliphatic rings. The van der Waals surface area contributed by atoms with E-state index < -0.39 is 16.9 Å². The Bertz CT molecular complexity index is 647. The molecule has 0 aliphatic heterocycles. The molecule has 150 valence electrons. The van der Waals surface area contributed by atoms with Gasteiger partial charge in [0, 0.05) is 18.8 Å². The summed E-state index contributed by atoms with van der Waals surface area (Å²) >= 11 is 1.18. The number of rotatable bonds is 8. The molecule has 0 fully saturated rings. The van der Waals surface area contributed by atoms with Crippen LogP contribution in [0.3, 0.4) is 0 Å². The maximum Gasteiger partial charge on any atom is 0.407 e. The third-order valence-electron chi connectivity index (χ3n) is 3.05. The third kappa shape index (κ3) is 10.4. The van der Waals surface area contributed by atoms with E-state index in [4.69, 9.17) is 4.74 Å². The van der Waals surface area contributed by atoms with Crippen molar-refractivity contribution in [3.63, 3.8) is 0 Å². The monoisotopic (exact) mass is 399 g/mol.